The Bertz CT molecular complexity index is 1170. The van der Waals surface area contributed by atoms with E-state index in [9.17, 15) is 4.79 Å². The fourth-order valence-electron chi connectivity index (χ4n) is 4.40. The summed E-state index contributed by atoms with van der Waals surface area (Å²) in [6, 6.07) is 18.3. The molecular weight excluding hydrogens is 428 g/mol. The normalized spacial score (nSPS) is 14.1. The van der Waals surface area contributed by atoms with Crippen molar-refractivity contribution in [3.8, 4) is 28.4 Å². The summed E-state index contributed by atoms with van der Waals surface area (Å²) < 4.78 is 22.3. The number of fused-ring (bicyclic) bond motifs is 1. The first kappa shape index (κ1) is 23.4. The lowest BCUT2D eigenvalue weighted by Crippen LogP contribution is -2.09. The minimum atomic E-state index is -0.230. The minimum absolute atomic E-state index is 0.0215. The highest BCUT2D eigenvalue weighted by Gasteiger charge is 2.27. The fraction of sp³-hybridized carbons (Fsp3) is 0.276. The first-order valence-electron chi connectivity index (χ1n) is 11.4. The molecule has 0 radical (unpaired) electrons. The summed E-state index contributed by atoms with van der Waals surface area (Å²) in [5.74, 6) is 2.15. The molecule has 4 rings (SSSR count). The highest BCUT2D eigenvalue weighted by molar-refractivity contribution is 5.72. The van der Waals surface area contributed by atoms with Gasteiger partial charge in [0.05, 0.1) is 20.1 Å². The van der Waals surface area contributed by atoms with Crippen LogP contribution in [0.15, 0.2) is 67.3 Å². The van der Waals surface area contributed by atoms with Crippen LogP contribution in [0.2, 0.25) is 0 Å². The van der Waals surface area contributed by atoms with Crippen LogP contribution in [-0.2, 0) is 16.1 Å². The van der Waals surface area contributed by atoms with E-state index in [1.807, 2.05) is 18.2 Å². The molecular formula is C29H30O5. The average Bonchev–Trinajstić information content (AvgIpc) is 3.23. The quantitative estimate of drug-likeness (QED) is 0.284. The summed E-state index contributed by atoms with van der Waals surface area (Å²) in [4.78, 5) is 11.6. The molecule has 5 nitrogen and oxygen atoms in total. The second kappa shape index (κ2) is 10.5. The van der Waals surface area contributed by atoms with Crippen LogP contribution in [0.3, 0.4) is 0 Å². The van der Waals surface area contributed by atoms with Crippen molar-refractivity contribution >= 4 is 5.97 Å². The molecule has 1 unspecified atom stereocenters. The van der Waals surface area contributed by atoms with Crippen molar-refractivity contribution in [1.29, 1.82) is 0 Å². The molecule has 1 aliphatic heterocycles. The van der Waals surface area contributed by atoms with Crippen molar-refractivity contribution in [3.63, 3.8) is 0 Å². The number of ether oxygens (including phenoxy) is 4. The van der Waals surface area contributed by atoms with E-state index in [0.29, 0.717) is 26.2 Å². The van der Waals surface area contributed by atoms with Crippen LogP contribution in [0.4, 0.5) is 0 Å². The second-order valence-corrected chi connectivity index (χ2v) is 8.51. The monoisotopic (exact) mass is 458 g/mol. The summed E-state index contributed by atoms with van der Waals surface area (Å²) in [5.41, 5.74) is 6.77. The molecule has 5 heteroatoms. The smallest absolute Gasteiger partial charge is 0.306 e. The Morgan fingerprint density at radius 3 is 2.59 bits per heavy atom. The van der Waals surface area contributed by atoms with Gasteiger partial charge in [-0.1, -0.05) is 36.9 Å². The molecule has 0 N–H and O–H groups in total. The van der Waals surface area contributed by atoms with Crippen LogP contribution in [-0.4, -0.2) is 26.3 Å². The summed E-state index contributed by atoms with van der Waals surface area (Å²) in [6.45, 7) is 9.32. The predicted octanol–water partition coefficient (Wildman–Crippen LogP) is 6.15. The van der Waals surface area contributed by atoms with Gasteiger partial charge in [0, 0.05) is 17.5 Å². The van der Waals surface area contributed by atoms with E-state index in [0.717, 1.165) is 45.1 Å². The third-order valence-corrected chi connectivity index (χ3v) is 6.00. The van der Waals surface area contributed by atoms with E-state index in [4.69, 9.17) is 18.9 Å². The lowest BCUT2D eigenvalue weighted by atomic mass is 9.94. The van der Waals surface area contributed by atoms with Gasteiger partial charge in [-0.3, -0.25) is 4.79 Å². The van der Waals surface area contributed by atoms with E-state index < -0.39 is 0 Å². The summed E-state index contributed by atoms with van der Waals surface area (Å²) in [6.07, 6.45) is 2.06. The number of carbonyl (C=O) groups is 1. The third kappa shape index (κ3) is 5.25. The van der Waals surface area contributed by atoms with Gasteiger partial charge >= 0.3 is 5.97 Å². The molecule has 3 aromatic rings. The molecule has 0 fully saturated rings. The molecule has 34 heavy (non-hydrogen) atoms. The Kier molecular flexibility index (Phi) is 7.21. The number of esters is 1. The van der Waals surface area contributed by atoms with Crippen LogP contribution >= 0.6 is 0 Å². The number of rotatable bonds is 9. The largest absolute Gasteiger partial charge is 0.492 e. The van der Waals surface area contributed by atoms with E-state index in [2.05, 4.69) is 56.8 Å². The predicted molar refractivity (Wildman–Crippen MR) is 133 cm³/mol. The van der Waals surface area contributed by atoms with Gasteiger partial charge in [0.25, 0.3) is 0 Å². The molecule has 1 atom stereocenters. The Balaban J connectivity index is 1.46. The van der Waals surface area contributed by atoms with Gasteiger partial charge in [0.1, 0.15) is 30.5 Å². The molecule has 0 amide bonds. The Morgan fingerprint density at radius 1 is 1.06 bits per heavy atom. The van der Waals surface area contributed by atoms with E-state index >= 15 is 0 Å². The lowest BCUT2D eigenvalue weighted by Gasteiger charge is -2.15. The molecule has 0 saturated heterocycles. The van der Waals surface area contributed by atoms with E-state index in [1.54, 1.807) is 6.08 Å². The van der Waals surface area contributed by atoms with Crippen molar-refractivity contribution in [2.24, 2.45) is 0 Å². The van der Waals surface area contributed by atoms with Crippen molar-refractivity contribution in [3.05, 3.63) is 89.5 Å². The maximum atomic E-state index is 11.6. The summed E-state index contributed by atoms with van der Waals surface area (Å²) in [5, 5.41) is 0. The zero-order valence-electron chi connectivity index (χ0n) is 19.9. The van der Waals surface area contributed by atoms with Gasteiger partial charge in [0.2, 0.25) is 0 Å². The van der Waals surface area contributed by atoms with Crippen molar-refractivity contribution < 1.29 is 23.7 Å². The number of methoxy groups -OCH3 is 1. The Labute approximate surface area is 200 Å². The van der Waals surface area contributed by atoms with Crippen LogP contribution in [0.1, 0.15) is 34.6 Å². The summed E-state index contributed by atoms with van der Waals surface area (Å²) in [7, 11) is 1.40. The molecule has 1 aliphatic rings. The molecule has 3 aromatic carbocycles. The molecule has 0 saturated carbocycles. The van der Waals surface area contributed by atoms with Crippen LogP contribution in [0.5, 0.6) is 17.2 Å². The molecule has 1 heterocycles. The van der Waals surface area contributed by atoms with Crippen LogP contribution in [0, 0.1) is 13.8 Å². The first-order chi connectivity index (χ1) is 16.5. The molecule has 0 aliphatic carbocycles. The highest BCUT2D eigenvalue weighted by Crippen LogP contribution is 2.38. The number of carbonyl (C=O) groups excluding carboxylic acids is 1. The van der Waals surface area contributed by atoms with E-state index in [-0.39, 0.29) is 11.9 Å². The summed E-state index contributed by atoms with van der Waals surface area (Å²) >= 11 is 0. The number of hydrogen-bond acceptors (Lipinski definition) is 5. The van der Waals surface area contributed by atoms with Crippen molar-refractivity contribution in [2.75, 3.05) is 20.3 Å². The Morgan fingerprint density at radius 2 is 1.85 bits per heavy atom. The Hall–Kier alpha value is -3.73. The number of aryl methyl sites for hydroxylation is 2. The first-order valence-corrected chi connectivity index (χ1v) is 11.4. The van der Waals surface area contributed by atoms with Crippen molar-refractivity contribution in [1.82, 2.24) is 0 Å². The highest BCUT2D eigenvalue weighted by atomic mass is 16.5. The second-order valence-electron chi connectivity index (χ2n) is 8.51. The zero-order chi connectivity index (χ0) is 24.1. The number of hydrogen-bond donors (Lipinski definition) is 0. The molecule has 0 bridgehead atoms. The molecule has 176 valence electrons. The SMILES string of the molecule is C=CCOc1cc(C)c(-c2cccc(COc3ccc4c(c3)OCC4CC(=O)OC)c2)c(C)c1. The topological polar surface area (TPSA) is 54.0 Å². The molecule has 0 aromatic heterocycles. The van der Waals surface area contributed by atoms with Crippen LogP contribution < -0.4 is 14.2 Å². The van der Waals surface area contributed by atoms with Gasteiger partial charge in [-0.25, -0.2) is 0 Å². The van der Waals surface area contributed by atoms with Gasteiger partial charge in [-0.2, -0.15) is 0 Å². The average molecular weight is 459 g/mol. The number of benzene rings is 3. The van der Waals surface area contributed by atoms with Gasteiger partial charge in [-0.05, 0) is 65.9 Å². The molecule has 0 spiro atoms. The van der Waals surface area contributed by atoms with Gasteiger partial charge in [0.15, 0.2) is 0 Å². The lowest BCUT2D eigenvalue weighted by molar-refractivity contribution is -0.141. The maximum Gasteiger partial charge on any atom is 0.306 e. The maximum absolute atomic E-state index is 11.6. The third-order valence-electron chi connectivity index (χ3n) is 6.00. The minimum Gasteiger partial charge on any atom is -0.492 e. The van der Waals surface area contributed by atoms with Gasteiger partial charge < -0.3 is 18.9 Å². The standard InChI is InChI=1S/C29H30O5/c1-5-11-32-25-12-19(2)29(20(3)13-25)22-8-6-7-21(14-22)17-33-24-9-10-26-23(15-28(30)31-4)18-34-27(26)16-24/h5-10,12-14,16,23H,1,11,15,17-18H2,2-4H3. The van der Waals surface area contributed by atoms with E-state index in [1.165, 1.54) is 12.7 Å². The fourth-order valence-corrected chi connectivity index (χ4v) is 4.40. The van der Waals surface area contributed by atoms with Crippen molar-refractivity contribution in [2.45, 2.75) is 32.8 Å². The zero-order valence-corrected chi connectivity index (χ0v) is 19.9. The van der Waals surface area contributed by atoms with Gasteiger partial charge in [-0.15, -0.1) is 0 Å². The van der Waals surface area contributed by atoms with Crippen LogP contribution in [0.25, 0.3) is 11.1 Å².